The van der Waals surface area contributed by atoms with E-state index in [2.05, 4.69) is 25.3 Å². The van der Waals surface area contributed by atoms with Gasteiger partial charge in [-0.3, -0.25) is 0 Å². The van der Waals surface area contributed by atoms with Gasteiger partial charge in [-0.1, -0.05) is 0 Å². The lowest BCUT2D eigenvalue weighted by Gasteiger charge is -2.36. The highest BCUT2D eigenvalue weighted by molar-refractivity contribution is 7.15. The van der Waals surface area contributed by atoms with Crippen molar-refractivity contribution >= 4 is 35.4 Å². The SMILES string of the molecule is Cc1nc(Oc2ccc(N=CN(C)C)cc2)c(-c2ccnc(N[C@H]3C[C@H](F)CN(C(=O)OC(C)(C)C)C3)n2)s1. The number of nitrogens with one attached hydrogen (secondary N) is 1. The van der Waals surface area contributed by atoms with Crippen molar-refractivity contribution in [2.75, 3.05) is 32.5 Å². The van der Waals surface area contributed by atoms with Crippen LogP contribution in [-0.4, -0.2) is 82.2 Å². The van der Waals surface area contributed by atoms with E-state index in [-0.39, 0.29) is 25.6 Å². The summed E-state index contributed by atoms with van der Waals surface area (Å²) in [7, 11) is 3.82. The lowest BCUT2D eigenvalue weighted by Crippen LogP contribution is -2.51. The van der Waals surface area contributed by atoms with Gasteiger partial charge in [-0.05, 0) is 58.0 Å². The van der Waals surface area contributed by atoms with Gasteiger partial charge < -0.3 is 24.6 Å². The molecule has 0 saturated carbocycles. The van der Waals surface area contributed by atoms with E-state index in [1.807, 2.05) is 50.2 Å². The molecule has 1 N–H and O–H groups in total. The summed E-state index contributed by atoms with van der Waals surface area (Å²) < 4.78 is 26.1. The van der Waals surface area contributed by atoms with Crippen molar-refractivity contribution < 1.29 is 18.7 Å². The van der Waals surface area contributed by atoms with Crippen LogP contribution in [0.3, 0.4) is 0 Å². The fraction of sp³-hybridized carbons (Fsp3) is 0.444. The number of thiazole rings is 1. The van der Waals surface area contributed by atoms with E-state index in [4.69, 9.17) is 9.47 Å². The van der Waals surface area contributed by atoms with Crippen LogP contribution in [0.1, 0.15) is 32.2 Å². The molecule has 1 aromatic carbocycles. The molecule has 1 aliphatic heterocycles. The summed E-state index contributed by atoms with van der Waals surface area (Å²) in [6.07, 6.45) is 1.87. The summed E-state index contributed by atoms with van der Waals surface area (Å²) in [4.78, 5) is 34.4. The predicted octanol–water partition coefficient (Wildman–Crippen LogP) is 5.68. The van der Waals surface area contributed by atoms with E-state index in [9.17, 15) is 9.18 Å². The van der Waals surface area contributed by atoms with Gasteiger partial charge in [-0.2, -0.15) is 0 Å². The van der Waals surface area contributed by atoms with Crippen LogP contribution in [0.25, 0.3) is 10.6 Å². The Morgan fingerprint density at radius 1 is 1.21 bits per heavy atom. The molecule has 0 bridgehead atoms. The molecule has 0 spiro atoms. The number of ether oxygens (including phenoxy) is 2. The maximum absolute atomic E-state index is 14.5. The molecule has 1 aliphatic rings. The van der Waals surface area contributed by atoms with Crippen molar-refractivity contribution in [3.05, 3.63) is 41.5 Å². The standard InChI is InChI=1S/C27H34FN7O3S/c1-17-31-24(37-21-9-7-19(8-10-21)30-16-34(5)6)23(39-17)22-11-12-29-25(33-22)32-20-13-18(28)14-35(15-20)26(36)38-27(2,3)4/h7-12,16,18,20H,13-15H2,1-6H3,(H,29,32,33)/t18-,20-/m0/s1. The fourth-order valence-corrected chi connectivity index (χ4v) is 4.70. The van der Waals surface area contributed by atoms with Gasteiger partial charge in [0.25, 0.3) is 0 Å². The molecule has 0 radical (unpaired) electrons. The average Bonchev–Trinajstić information content (AvgIpc) is 3.22. The molecule has 12 heteroatoms. The Kier molecular flexibility index (Phi) is 8.63. The zero-order valence-electron chi connectivity index (χ0n) is 23.0. The normalized spacial score (nSPS) is 17.8. The summed E-state index contributed by atoms with van der Waals surface area (Å²) in [5.41, 5.74) is 0.771. The lowest BCUT2D eigenvalue weighted by molar-refractivity contribution is 0.0124. The highest BCUT2D eigenvalue weighted by Crippen LogP contribution is 2.37. The third-order valence-corrected chi connectivity index (χ3v) is 6.44. The minimum Gasteiger partial charge on any atom is -0.444 e. The number of alkyl halides is 1. The number of aryl methyl sites for hydroxylation is 1. The van der Waals surface area contributed by atoms with E-state index in [0.717, 1.165) is 15.6 Å². The lowest BCUT2D eigenvalue weighted by atomic mass is 10.0. The van der Waals surface area contributed by atoms with E-state index in [0.29, 0.717) is 23.3 Å². The third-order valence-electron chi connectivity index (χ3n) is 5.46. The average molecular weight is 556 g/mol. The Morgan fingerprint density at radius 3 is 2.64 bits per heavy atom. The monoisotopic (exact) mass is 555 g/mol. The number of aliphatic imine (C=N–C) groups is 1. The van der Waals surface area contributed by atoms with Gasteiger partial charge in [0.1, 0.15) is 22.4 Å². The van der Waals surface area contributed by atoms with Gasteiger partial charge in [-0.15, -0.1) is 11.3 Å². The highest BCUT2D eigenvalue weighted by atomic mass is 32.1. The fourth-order valence-electron chi connectivity index (χ4n) is 3.89. The zero-order valence-corrected chi connectivity index (χ0v) is 23.8. The topological polar surface area (TPSA) is 105 Å². The third kappa shape index (κ3) is 8.09. The molecule has 1 amide bonds. The summed E-state index contributed by atoms with van der Waals surface area (Å²) in [5.74, 6) is 1.39. The Bertz CT molecular complexity index is 1310. The molecule has 3 aromatic rings. The molecular formula is C27H34FN7O3S. The molecule has 0 unspecified atom stereocenters. The largest absolute Gasteiger partial charge is 0.444 e. The van der Waals surface area contributed by atoms with Crippen molar-refractivity contribution in [1.82, 2.24) is 24.8 Å². The summed E-state index contributed by atoms with van der Waals surface area (Å²) >= 11 is 1.45. The number of amides is 1. The molecule has 1 saturated heterocycles. The molecule has 208 valence electrons. The smallest absolute Gasteiger partial charge is 0.410 e. The second kappa shape index (κ2) is 11.9. The van der Waals surface area contributed by atoms with Gasteiger partial charge in [0.15, 0.2) is 0 Å². The van der Waals surface area contributed by atoms with Crippen LogP contribution in [0.5, 0.6) is 11.6 Å². The number of likely N-dealkylation sites (tertiary alicyclic amines) is 1. The first kappa shape index (κ1) is 28.2. The van der Waals surface area contributed by atoms with Crippen LogP contribution in [0.4, 0.5) is 20.8 Å². The van der Waals surface area contributed by atoms with Gasteiger partial charge >= 0.3 is 6.09 Å². The van der Waals surface area contributed by atoms with Crippen molar-refractivity contribution in [2.45, 2.75) is 51.9 Å². The molecule has 2 aromatic heterocycles. The van der Waals surface area contributed by atoms with Crippen LogP contribution >= 0.6 is 11.3 Å². The number of aromatic nitrogens is 3. The maximum atomic E-state index is 14.5. The number of nitrogens with zero attached hydrogens (tertiary/aromatic N) is 6. The Balaban J connectivity index is 1.47. The molecule has 0 aliphatic carbocycles. The molecule has 1 fully saturated rings. The molecule has 3 heterocycles. The van der Waals surface area contributed by atoms with Gasteiger partial charge in [0, 0.05) is 39.3 Å². The first-order chi connectivity index (χ1) is 18.4. The second-order valence-corrected chi connectivity index (χ2v) is 11.7. The number of benzene rings is 1. The van der Waals surface area contributed by atoms with Gasteiger partial charge in [0.05, 0.1) is 29.3 Å². The van der Waals surface area contributed by atoms with Gasteiger partial charge in [-0.25, -0.2) is 29.1 Å². The van der Waals surface area contributed by atoms with Crippen molar-refractivity contribution in [2.24, 2.45) is 4.99 Å². The summed E-state index contributed by atoms with van der Waals surface area (Å²) in [6, 6.07) is 8.80. The first-order valence-electron chi connectivity index (χ1n) is 12.6. The number of piperidine rings is 1. The van der Waals surface area contributed by atoms with Crippen LogP contribution in [-0.2, 0) is 4.74 Å². The molecule has 2 atom stereocenters. The maximum Gasteiger partial charge on any atom is 0.410 e. The molecule has 4 rings (SSSR count). The number of rotatable bonds is 7. The zero-order chi connectivity index (χ0) is 28.2. The first-order valence-corrected chi connectivity index (χ1v) is 13.4. The van der Waals surface area contributed by atoms with Crippen LogP contribution in [0.15, 0.2) is 41.5 Å². The van der Waals surface area contributed by atoms with Crippen molar-refractivity contribution in [3.8, 4) is 22.2 Å². The van der Waals surface area contributed by atoms with Crippen molar-refractivity contribution in [1.29, 1.82) is 0 Å². The second-order valence-electron chi connectivity index (χ2n) is 10.5. The number of carbonyl (C=O) groups excluding carboxylic acids is 1. The number of anilines is 1. The minimum atomic E-state index is -1.18. The summed E-state index contributed by atoms with van der Waals surface area (Å²) in [5, 5.41) is 4.01. The van der Waals surface area contributed by atoms with Crippen LogP contribution in [0.2, 0.25) is 0 Å². The Hall–Kier alpha value is -3.80. The van der Waals surface area contributed by atoms with E-state index >= 15 is 0 Å². The highest BCUT2D eigenvalue weighted by Gasteiger charge is 2.33. The van der Waals surface area contributed by atoms with Crippen molar-refractivity contribution in [3.63, 3.8) is 0 Å². The quantitative estimate of drug-likeness (QED) is 0.293. The van der Waals surface area contributed by atoms with Crippen LogP contribution in [0, 0.1) is 6.92 Å². The number of hydrogen-bond acceptors (Lipinski definition) is 9. The Morgan fingerprint density at radius 2 is 1.95 bits per heavy atom. The summed E-state index contributed by atoms with van der Waals surface area (Å²) in [6.45, 7) is 7.53. The molecule has 10 nitrogen and oxygen atoms in total. The van der Waals surface area contributed by atoms with E-state index < -0.39 is 17.9 Å². The predicted molar refractivity (Wildman–Crippen MR) is 151 cm³/mol. The number of halogens is 1. The van der Waals surface area contributed by atoms with Gasteiger partial charge in [0.2, 0.25) is 11.8 Å². The molecule has 39 heavy (non-hydrogen) atoms. The molecular weight excluding hydrogens is 521 g/mol. The van der Waals surface area contributed by atoms with Crippen LogP contribution < -0.4 is 10.1 Å². The number of hydrogen-bond donors (Lipinski definition) is 1. The van der Waals surface area contributed by atoms with E-state index in [1.165, 1.54) is 16.2 Å². The Labute approximate surface area is 231 Å². The minimum absolute atomic E-state index is 0.00217. The van der Waals surface area contributed by atoms with E-state index in [1.54, 1.807) is 39.4 Å². The number of carbonyl (C=O) groups is 1.